The molecule has 29 heavy (non-hydrogen) atoms. The molecule has 1 aromatic heterocycles. The van der Waals surface area contributed by atoms with Gasteiger partial charge in [0.15, 0.2) is 0 Å². The lowest BCUT2D eigenvalue weighted by Gasteiger charge is -2.13. The first-order valence-corrected chi connectivity index (χ1v) is 10.1. The van der Waals surface area contributed by atoms with Crippen LogP contribution in [-0.4, -0.2) is 30.0 Å². The first kappa shape index (κ1) is 20.6. The highest BCUT2D eigenvalue weighted by molar-refractivity contribution is 5.96. The van der Waals surface area contributed by atoms with Gasteiger partial charge in [-0.25, -0.2) is 9.78 Å². The highest BCUT2D eigenvalue weighted by Gasteiger charge is 2.13. The van der Waals surface area contributed by atoms with Crippen LogP contribution < -0.4 is 10.6 Å². The van der Waals surface area contributed by atoms with Gasteiger partial charge < -0.3 is 15.4 Å². The number of amides is 1. The monoisotopic (exact) mass is 393 g/mol. The minimum atomic E-state index is -0.389. The van der Waals surface area contributed by atoms with E-state index < -0.39 is 0 Å². The van der Waals surface area contributed by atoms with E-state index in [2.05, 4.69) is 21.7 Å². The molecule has 2 N–H and O–H groups in total. The fraction of sp³-hybridized carbons (Fsp3) is 0.348. The average Bonchev–Trinajstić information content (AvgIpc) is 2.75. The summed E-state index contributed by atoms with van der Waals surface area (Å²) in [5.74, 6) is 0.0257. The van der Waals surface area contributed by atoms with E-state index in [-0.39, 0.29) is 11.9 Å². The molecule has 0 spiro atoms. The molecule has 0 aliphatic heterocycles. The number of anilines is 2. The normalized spacial score (nSPS) is 13.3. The van der Waals surface area contributed by atoms with Gasteiger partial charge in [-0.15, -0.1) is 0 Å². The number of nitrogens with zero attached hydrogens (tertiary/aromatic N) is 1. The summed E-state index contributed by atoms with van der Waals surface area (Å²) in [6, 6.07) is 10.5. The highest BCUT2D eigenvalue weighted by atomic mass is 16.5. The van der Waals surface area contributed by atoms with Crippen LogP contribution in [0.3, 0.4) is 0 Å². The Morgan fingerprint density at radius 3 is 2.72 bits per heavy atom. The third-order valence-corrected chi connectivity index (χ3v) is 4.83. The minimum absolute atomic E-state index is 0.132. The van der Waals surface area contributed by atoms with Gasteiger partial charge in [-0.3, -0.25) is 4.79 Å². The Balaban J connectivity index is 1.57. The number of hydrogen-bond donors (Lipinski definition) is 2. The molecule has 2 aromatic rings. The molecule has 152 valence electrons. The minimum Gasteiger partial charge on any atom is -0.462 e. The Morgan fingerprint density at radius 2 is 2.00 bits per heavy atom. The molecule has 6 nitrogen and oxygen atoms in total. The van der Waals surface area contributed by atoms with Crippen molar-refractivity contribution >= 4 is 23.4 Å². The third-order valence-electron chi connectivity index (χ3n) is 4.83. The van der Waals surface area contributed by atoms with E-state index in [1.165, 1.54) is 24.6 Å². The van der Waals surface area contributed by atoms with E-state index in [0.717, 1.165) is 19.3 Å². The van der Waals surface area contributed by atoms with E-state index >= 15 is 0 Å². The number of pyridine rings is 1. The lowest BCUT2D eigenvalue weighted by molar-refractivity contribution is 0.0527. The number of para-hydroxylation sites is 1. The van der Waals surface area contributed by atoms with E-state index in [9.17, 15) is 9.59 Å². The lowest BCUT2D eigenvalue weighted by atomic mass is 9.97. The van der Waals surface area contributed by atoms with Crippen LogP contribution in [0.2, 0.25) is 0 Å². The van der Waals surface area contributed by atoms with Crippen LogP contribution in [0.1, 0.15) is 59.7 Å². The van der Waals surface area contributed by atoms with Crippen LogP contribution in [0.25, 0.3) is 0 Å². The number of rotatable bonds is 8. The van der Waals surface area contributed by atoms with Gasteiger partial charge in [0.2, 0.25) is 0 Å². The van der Waals surface area contributed by atoms with E-state index in [1.807, 2.05) is 6.07 Å². The highest BCUT2D eigenvalue weighted by Crippen LogP contribution is 2.21. The van der Waals surface area contributed by atoms with Crippen molar-refractivity contribution in [3.8, 4) is 0 Å². The van der Waals surface area contributed by atoms with Gasteiger partial charge in [-0.1, -0.05) is 23.8 Å². The maximum atomic E-state index is 12.3. The predicted molar refractivity (Wildman–Crippen MR) is 113 cm³/mol. The molecule has 6 heteroatoms. The molecule has 0 bridgehead atoms. The number of nitrogens with one attached hydrogen (secondary N) is 2. The Kier molecular flexibility index (Phi) is 7.39. The van der Waals surface area contributed by atoms with Gasteiger partial charge >= 0.3 is 5.97 Å². The molecule has 1 aliphatic rings. The molecule has 0 saturated heterocycles. The number of allylic oxidation sites excluding steroid dienone is 1. The van der Waals surface area contributed by atoms with Crippen molar-refractivity contribution in [2.24, 2.45) is 0 Å². The number of carbonyl (C=O) groups is 2. The van der Waals surface area contributed by atoms with Crippen LogP contribution in [0.5, 0.6) is 0 Å². The second-order valence-corrected chi connectivity index (χ2v) is 6.94. The molecule has 1 heterocycles. The molecule has 0 saturated carbocycles. The standard InChI is InChI=1S/C23H27N3O3/c1-2-29-23(28)19-10-6-7-11-20(19)26-21-13-12-18(16-25-21)22(27)24-15-14-17-8-4-3-5-9-17/h6-8,10-13,16H,2-5,9,14-15H2,1H3,(H,24,27)(H,25,26). The maximum absolute atomic E-state index is 12.3. The predicted octanol–water partition coefficient (Wildman–Crippen LogP) is 4.62. The molecule has 0 unspecified atom stereocenters. The quantitative estimate of drug-likeness (QED) is 0.505. The first-order chi connectivity index (χ1) is 14.2. The Morgan fingerprint density at radius 1 is 1.14 bits per heavy atom. The van der Waals surface area contributed by atoms with Gasteiger partial charge in [0.05, 0.1) is 23.4 Å². The molecule has 3 rings (SSSR count). The third kappa shape index (κ3) is 5.91. The van der Waals surface area contributed by atoms with Gasteiger partial charge in [0, 0.05) is 12.7 Å². The zero-order chi connectivity index (χ0) is 20.5. The summed E-state index contributed by atoms with van der Waals surface area (Å²) in [5.41, 5.74) is 2.99. The largest absolute Gasteiger partial charge is 0.462 e. The lowest BCUT2D eigenvalue weighted by Crippen LogP contribution is -2.25. The van der Waals surface area contributed by atoms with Gasteiger partial charge in [0.1, 0.15) is 5.82 Å². The van der Waals surface area contributed by atoms with E-state index in [4.69, 9.17) is 4.74 Å². The zero-order valence-electron chi connectivity index (χ0n) is 16.7. The molecule has 1 aliphatic carbocycles. The summed E-state index contributed by atoms with van der Waals surface area (Å²) >= 11 is 0. The average molecular weight is 393 g/mol. The number of ether oxygens (including phenoxy) is 1. The maximum Gasteiger partial charge on any atom is 0.340 e. The van der Waals surface area contributed by atoms with Crippen LogP contribution in [-0.2, 0) is 4.74 Å². The van der Waals surface area contributed by atoms with E-state index in [1.54, 1.807) is 37.3 Å². The second kappa shape index (κ2) is 10.4. The number of aromatic nitrogens is 1. The summed E-state index contributed by atoms with van der Waals surface area (Å²) in [4.78, 5) is 28.7. The van der Waals surface area contributed by atoms with Crippen molar-refractivity contribution < 1.29 is 14.3 Å². The Bertz CT molecular complexity index is 875. The molecule has 0 atom stereocenters. The van der Waals surface area contributed by atoms with Crippen molar-refractivity contribution in [2.45, 2.75) is 39.0 Å². The van der Waals surface area contributed by atoms with Gasteiger partial charge in [0.25, 0.3) is 5.91 Å². The summed E-state index contributed by atoms with van der Waals surface area (Å²) in [6.07, 6.45) is 9.55. The fourth-order valence-corrected chi connectivity index (χ4v) is 3.29. The zero-order valence-corrected chi connectivity index (χ0v) is 16.7. The number of benzene rings is 1. The smallest absolute Gasteiger partial charge is 0.340 e. The molecule has 1 amide bonds. The fourth-order valence-electron chi connectivity index (χ4n) is 3.29. The number of carbonyl (C=O) groups excluding carboxylic acids is 2. The first-order valence-electron chi connectivity index (χ1n) is 10.1. The van der Waals surface area contributed by atoms with Crippen molar-refractivity contribution in [1.29, 1.82) is 0 Å². The van der Waals surface area contributed by atoms with Crippen LogP contribution in [0.4, 0.5) is 11.5 Å². The Labute approximate surface area is 171 Å². The summed E-state index contributed by atoms with van der Waals surface area (Å²) in [5, 5.41) is 6.07. The van der Waals surface area contributed by atoms with Crippen molar-refractivity contribution in [1.82, 2.24) is 10.3 Å². The van der Waals surface area contributed by atoms with Gasteiger partial charge in [-0.2, -0.15) is 0 Å². The number of esters is 1. The topological polar surface area (TPSA) is 80.3 Å². The second-order valence-electron chi connectivity index (χ2n) is 6.94. The molecule has 1 aromatic carbocycles. The molecule has 0 radical (unpaired) electrons. The van der Waals surface area contributed by atoms with Gasteiger partial charge in [-0.05, 0) is 63.3 Å². The van der Waals surface area contributed by atoms with Crippen molar-refractivity contribution in [2.75, 3.05) is 18.5 Å². The van der Waals surface area contributed by atoms with E-state index in [0.29, 0.717) is 35.8 Å². The summed E-state index contributed by atoms with van der Waals surface area (Å²) in [6.45, 7) is 2.72. The molecular formula is C23H27N3O3. The van der Waals surface area contributed by atoms with Crippen molar-refractivity contribution in [3.05, 3.63) is 65.4 Å². The number of hydrogen-bond acceptors (Lipinski definition) is 5. The summed E-state index contributed by atoms with van der Waals surface area (Å²) < 4.78 is 5.08. The molecule has 0 fully saturated rings. The van der Waals surface area contributed by atoms with Crippen LogP contribution in [0, 0.1) is 0 Å². The van der Waals surface area contributed by atoms with Crippen molar-refractivity contribution in [3.63, 3.8) is 0 Å². The molecular weight excluding hydrogens is 366 g/mol. The van der Waals surface area contributed by atoms with Crippen LogP contribution in [0.15, 0.2) is 54.2 Å². The summed E-state index contributed by atoms with van der Waals surface area (Å²) in [7, 11) is 0. The van der Waals surface area contributed by atoms with Crippen LogP contribution >= 0.6 is 0 Å². The Hall–Kier alpha value is -3.15. The SMILES string of the molecule is CCOC(=O)c1ccccc1Nc1ccc(C(=O)NCCC2=CCCCC2)cn1.